The zero-order valence-electron chi connectivity index (χ0n) is 14.8. The van der Waals surface area contributed by atoms with Gasteiger partial charge >= 0.3 is 0 Å². The first kappa shape index (κ1) is 17.6. The van der Waals surface area contributed by atoms with Crippen LogP contribution in [0.1, 0.15) is 32.3 Å². The van der Waals surface area contributed by atoms with Crippen molar-refractivity contribution >= 4 is 45.7 Å². The van der Waals surface area contributed by atoms with Gasteiger partial charge in [0.1, 0.15) is 5.01 Å². The van der Waals surface area contributed by atoms with E-state index in [9.17, 15) is 4.79 Å². The Morgan fingerprint density at radius 1 is 1.44 bits per heavy atom. The molecule has 0 fully saturated rings. The zero-order chi connectivity index (χ0) is 18.8. The molecule has 4 aromatic rings. The molecule has 0 saturated heterocycles. The molecule has 27 heavy (non-hydrogen) atoms. The van der Waals surface area contributed by atoms with E-state index >= 15 is 0 Å². The highest BCUT2D eigenvalue weighted by atomic mass is 32.1. The SMILES string of the molecule is CN(Cc1cnsc1)/N=C\c1c(C=O)n(C)c2nc(Cc3ccn[nH]3)sc12. The smallest absolute Gasteiger partial charge is 0.167 e. The molecule has 0 saturated carbocycles. The average Bonchev–Trinajstić information content (AvgIpc) is 3.42. The van der Waals surface area contributed by atoms with Crippen molar-refractivity contribution in [3.05, 3.63) is 51.4 Å². The number of aromatic nitrogens is 5. The summed E-state index contributed by atoms with van der Waals surface area (Å²) >= 11 is 2.99. The van der Waals surface area contributed by atoms with E-state index in [-0.39, 0.29) is 0 Å². The first-order chi connectivity index (χ1) is 13.2. The number of nitrogens with one attached hydrogen (secondary N) is 1. The van der Waals surface area contributed by atoms with Crippen molar-refractivity contribution in [2.24, 2.45) is 12.1 Å². The Morgan fingerprint density at radius 3 is 3.04 bits per heavy atom. The van der Waals surface area contributed by atoms with Crippen LogP contribution in [0.2, 0.25) is 0 Å². The first-order valence-corrected chi connectivity index (χ1v) is 9.86. The average molecular weight is 400 g/mol. The third-order valence-corrected chi connectivity index (χ3v) is 5.86. The number of carbonyl (C=O) groups is 1. The summed E-state index contributed by atoms with van der Waals surface area (Å²) in [5.74, 6) is 0. The second kappa shape index (κ2) is 7.41. The lowest BCUT2D eigenvalue weighted by molar-refractivity contribution is 0.111. The summed E-state index contributed by atoms with van der Waals surface area (Å²) in [7, 11) is 3.75. The van der Waals surface area contributed by atoms with Crippen LogP contribution in [0.5, 0.6) is 0 Å². The summed E-state index contributed by atoms with van der Waals surface area (Å²) in [4.78, 5) is 16.3. The Kier molecular flexibility index (Phi) is 4.82. The molecule has 0 bridgehead atoms. The minimum Gasteiger partial charge on any atom is -0.325 e. The van der Waals surface area contributed by atoms with Crippen molar-refractivity contribution in [2.45, 2.75) is 13.0 Å². The number of hydrogen-bond donors (Lipinski definition) is 1. The Bertz CT molecular complexity index is 1080. The van der Waals surface area contributed by atoms with Gasteiger partial charge in [-0.2, -0.15) is 10.2 Å². The number of aryl methyl sites for hydroxylation is 1. The van der Waals surface area contributed by atoms with Crippen LogP contribution < -0.4 is 0 Å². The molecule has 0 amide bonds. The van der Waals surface area contributed by atoms with Gasteiger partial charge < -0.3 is 4.57 Å². The highest BCUT2D eigenvalue weighted by Gasteiger charge is 2.18. The number of rotatable bonds is 7. The van der Waals surface area contributed by atoms with Crippen molar-refractivity contribution in [1.82, 2.24) is 29.1 Å². The van der Waals surface area contributed by atoms with Gasteiger partial charge in [0, 0.05) is 55.1 Å². The van der Waals surface area contributed by atoms with E-state index in [0.717, 1.165) is 38.5 Å². The van der Waals surface area contributed by atoms with Gasteiger partial charge in [0.25, 0.3) is 0 Å². The molecule has 0 radical (unpaired) electrons. The number of H-pyrrole nitrogens is 1. The van der Waals surface area contributed by atoms with Crippen LogP contribution in [0.15, 0.2) is 28.9 Å². The maximum Gasteiger partial charge on any atom is 0.167 e. The van der Waals surface area contributed by atoms with Gasteiger partial charge in [-0.3, -0.25) is 14.9 Å². The molecule has 0 aliphatic carbocycles. The molecular formula is C17H17N7OS2. The van der Waals surface area contributed by atoms with Gasteiger partial charge in [-0.15, -0.1) is 11.3 Å². The largest absolute Gasteiger partial charge is 0.325 e. The summed E-state index contributed by atoms with van der Waals surface area (Å²) in [5, 5.41) is 16.2. The van der Waals surface area contributed by atoms with E-state index < -0.39 is 0 Å². The number of hydrazone groups is 1. The minimum atomic E-state index is 0.575. The quantitative estimate of drug-likeness (QED) is 0.293. The molecule has 4 rings (SSSR count). The second-order valence-corrected chi connectivity index (χ2v) is 7.83. The van der Waals surface area contributed by atoms with Gasteiger partial charge in [0.05, 0.1) is 23.2 Å². The van der Waals surface area contributed by atoms with Crippen LogP contribution in [-0.4, -0.2) is 48.7 Å². The van der Waals surface area contributed by atoms with Crippen molar-refractivity contribution in [3.63, 3.8) is 0 Å². The van der Waals surface area contributed by atoms with Crippen molar-refractivity contribution in [3.8, 4) is 0 Å². The number of fused-ring (bicyclic) bond motifs is 1. The number of aldehydes is 1. The fraction of sp³-hybridized carbons (Fsp3) is 0.235. The van der Waals surface area contributed by atoms with E-state index in [4.69, 9.17) is 4.98 Å². The van der Waals surface area contributed by atoms with Crippen molar-refractivity contribution < 1.29 is 4.79 Å². The fourth-order valence-corrected chi connectivity index (χ4v) is 4.49. The highest BCUT2D eigenvalue weighted by molar-refractivity contribution is 7.19. The van der Waals surface area contributed by atoms with Gasteiger partial charge in [-0.05, 0) is 17.6 Å². The summed E-state index contributed by atoms with van der Waals surface area (Å²) in [6.45, 7) is 0.660. The number of aromatic amines is 1. The maximum atomic E-state index is 11.6. The van der Waals surface area contributed by atoms with E-state index in [1.165, 1.54) is 11.5 Å². The standard InChI is InChI=1S/C17H17N7OS2/c1-23(8-11-6-20-26-10-11)19-7-13-14(9-25)24(2)17-16(13)27-15(21-17)5-12-3-4-18-22-12/h3-4,6-7,9-10H,5,8H2,1-2H3,(H,18,22)/b19-7-. The zero-order valence-corrected chi connectivity index (χ0v) is 16.4. The van der Waals surface area contributed by atoms with Crippen LogP contribution in [0, 0.1) is 0 Å². The molecule has 0 aliphatic rings. The molecule has 138 valence electrons. The lowest BCUT2D eigenvalue weighted by Gasteiger charge is -2.10. The van der Waals surface area contributed by atoms with Crippen LogP contribution in [0.25, 0.3) is 10.3 Å². The van der Waals surface area contributed by atoms with E-state index in [1.54, 1.807) is 23.7 Å². The summed E-state index contributed by atoms with van der Waals surface area (Å²) in [6.07, 6.45) is 6.83. The Hall–Kier alpha value is -2.85. The molecular weight excluding hydrogens is 382 g/mol. The van der Waals surface area contributed by atoms with Crippen LogP contribution in [0.4, 0.5) is 0 Å². The van der Waals surface area contributed by atoms with Crippen LogP contribution in [0.3, 0.4) is 0 Å². The molecule has 1 N–H and O–H groups in total. The Labute approximate surface area is 163 Å². The van der Waals surface area contributed by atoms with E-state index in [2.05, 4.69) is 19.7 Å². The third-order valence-electron chi connectivity index (χ3n) is 4.14. The topological polar surface area (TPSA) is 92.1 Å². The van der Waals surface area contributed by atoms with Crippen LogP contribution in [-0.2, 0) is 20.0 Å². The van der Waals surface area contributed by atoms with E-state index in [1.807, 2.05) is 41.3 Å². The normalized spacial score (nSPS) is 11.6. The molecule has 4 aromatic heterocycles. The third kappa shape index (κ3) is 3.53. The first-order valence-electron chi connectivity index (χ1n) is 8.20. The Morgan fingerprint density at radius 2 is 2.33 bits per heavy atom. The lowest BCUT2D eigenvalue weighted by atomic mass is 10.3. The monoisotopic (exact) mass is 399 g/mol. The van der Waals surface area contributed by atoms with Gasteiger partial charge in [0.15, 0.2) is 11.9 Å². The van der Waals surface area contributed by atoms with Crippen molar-refractivity contribution in [2.75, 3.05) is 7.05 Å². The molecule has 4 heterocycles. The minimum absolute atomic E-state index is 0.575. The van der Waals surface area contributed by atoms with E-state index in [0.29, 0.717) is 18.7 Å². The van der Waals surface area contributed by atoms with Gasteiger partial charge in [-0.1, -0.05) is 0 Å². The molecule has 10 heteroatoms. The van der Waals surface area contributed by atoms with Crippen molar-refractivity contribution in [1.29, 1.82) is 0 Å². The maximum absolute atomic E-state index is 11.6. The predicted octanol–water partition coefficient (Wildman–Crippen LogP) is 2.68. The fourth-order valence-electron chi connectivity index (χ4n) is 2.82. The second-order valence-electron chi connectivity index (χ2n) is 6.09. The van der Waals surface area contributed by atoms with Gasteiger partial charge in [0.2, 0.25) is 0 Å². The summed E-state index contributed by atoms with van der Waals surface area (Å²) < 4.78 is 6.88. The number of carbonyl (C=O) groups excluding carboxylic acids is 1. The van der Waals surface area contributed by atoms with Crippen LogP contribution >= 0.6 is 22.9 Å². The Balaban J connectivity index is 1.64. The molecule has 0 spiro atoms. The molecule has 0 aromatic carbocycles. The highest BCUT2D eigenvalue weighted by Crippen LogP contribution is 2.30. The molecule has 0 atom stereocenters. The number of thiazole rings is 1. The summed E-state index contributed by atoms with van der Waals surface area (Å²) in [6, 6.07) is 1.93. The summed E-state index contributed by atoms with van der Waals surface area (Å²) in [5.41, 5.74) is 4.28. The molecule has 0 aliphatic heterocycles. The molecule has 8 nitrogen and oxygen atoms in total. The lowest BCUT2D eigenvalue weighted by Crippen LogP contribution is -2.10. The number of hydrogen-bond acceptors (Lipinski definition) is 8. The number of nitrogens with zero attached hydrogens (tertiary/aromatic N) is 6. The molecule has 0 unspecified atom stereocenters. The van der Waals surface area contributed by atoms with Gasteiger partial charge in [-0.25, -0.2) is 9.36 Å². The predicted molar refractivity (Wildman–Crippen MR) is 107 cm³/mol.